The molecule has 2 amide bonds. The SMILES string of the molecule is O=C(NC1CCCC1)C1CCN(c2ccc(F)cc2)C1=O. The smallest absolute Gasteiger partial charge is 0.239 e. The fourth-order valence-corrected chi connectivity index (χ4v) is 3.17. The number of nitrogens with one attached hydrogen (secondary N) is 1. The lowest BCUT2D eigenvalue weighted by molar-refractivity contribution is -0.132. The molecule has 2 aliphatic rings. The predicted molar refractivity (Wildman–Crippen MR) is 77.3 cm³/mol. The number of hydrogen-bond acceptors (Lipinski definition) is 2. The van der Waals surface area contributed by atoms with E-state index < -0.39 is 5.92 Å². The van der Waals surface area contributed by atoms with Crippen LogP contribution in [0.15, 0.2) is 24.3 Å². The first-order chi connectivity index (χ1) is 10.1. The molecule has 2 fully saturated rings. The van der Waals surface area contributed by atoms with Crippen LogP contribution < -0.4 is 10.2 Å². The zero-order valence-electron chi connectivity index (χ0n) is 11.8. The summed E-state index contributed by atoms with van der Waals surface area (Å²) in [4.78, 5) is 26.2. The van der Waals surface area contributed by atoms with Gasteiger partial charge in [-0.2, -0.15) is 0 Å². The van der Waals surface area contributed by atoms with Crippen LogP contribution in [0, 0.1) is 11.7 Å². The third kappa shape index (κ3) is 2.91. The molecule has 0 aromatic heterocycles. The molecule has 112 valence electrons. The summed E-state index contributed by atoms with van der Waals surface area (Å²) in [5, 5.41) is 2.99. The molecule has 1 heterocycles. The molecule has 0 bridgehead atoms. The number of hydrogen-bond donors (Lipinski definition) is 1. The summed E-state index contributed by atoms with van der Waals surface area (Å²) in [6, 6.07) is 6.03. The lowest BCUT2D eigenvalue weighted by Gasteiger charge is -2.18. The van der Waals surface area contributed by atoms with Crippen LogP contribution in [0.25, 0.3) is 0 Å². The molecule has 1 aromatic rings. The Morgan fingerprint density at radius 1 is 1.14 bits per heavy atom. The van der Waals surface area contributed by atoms with Gasteiger partial charge in [-0.1, -0.05) is 12.8 Å². The molecule has 1 aliphatic heterocycles. The number of halogens is 1. The van der Waals surface area contributed by atoms with Gasteiger partial charge in [0.25, 0.3) is 0 Å². The van der Waals surface area contributed by atoms with Crippen molar-refractivity contribution < 1.29 is 14.0 Å². The van der Waals surface area contributed by atoms with Crippen LogP contribution in [0.5, 0.6) is 0 Å². The number of amides is 2. The molecule has 1 aromatic carbocycles. The minimum absolute atomic E-state index is 0.156. The van der Waals surface area contributed by atoms with Crippen molar-refractivity contribution in [3.8, 4) is 0 Å². The summed E-state index contributed by atoms with van der Waals surface area (Å²) in [5.41, 5.74) is 0.651. The standard InChI is InChI=1S/C16H19FN2O2/c17-11-5-7-13(8-6-11)19-10-9-14(16(19)21)15(20)18-12-3-1-2-4-12/h5-8,12,14H,1-4,9-10H2,(H,18,20). The van der Waals surface area contributed by atoms with E-state index in [4.69, 9.17) is 0 Å². The Kier molecular flexibility index (Phi) is 3.90. The molecule has 1 aliphatic carbocycles. The van der Waals surface area contributed by atoms with Gasteiger partial charge < -0.3 is 10.2 Å². The van der Waals surface area contributed by atoms with E-state index in [1.165, 1.54) is 12.1 Å². The van der Waals surface area contributed by atoms with Crippen molar-refractivity contribution in [1.29, 1.82) is 0 Å². The number of benzene rings is 1. The molecule has 3 rings (SSSR count). The van der Waals surface area contributed by atoms with Crippen molar-refractivity contribution in [2.24, 2.45) is 5.92 Å². The van der Waals surface area contributed by atoms with E-state index in [9.17, 15) is 14.0 Å². The molecule has 21 heavy (non-hydrogen) atoms. The van der Waals surface area contributed by atoms with Gasteiger partial charge in [0.2, 0.25) is 11.8 Å². The van der Waals surface area contributed by atoms with Crippen molar-refractivity contribution in [1.82, 2.24) is 5.32 Å². The summed E-state index contributed by atoms with van der Waals surface area (Å²) in [6.07, 6.45) is 4.83. The summed E-state index contributed by atoms with van der Waals surface area (Å²) < 4.78 is 12.9. The lowest BCUT2D eigenvalue weighted by atomic mass is 10.1. The van der Waals surface area contributed by atoms with E-state index in [0.717, 1.165) is 25.7 Å². The van der Waals surface area contributed by atoms with Crippen molar-refractivity contribution in [2.75, 3.05) is 11.4 Å². The summed E-state index contributed by atoms with van der Waals surface area (Å²) in [7, 11) is 0. The summed E-state index contributed by atoms with van der Waals surface area (Å²) in [5.74, 6) is -1.27. The van der Waals surface area contributed by atoms with Gasteiger partial charge in [-0.15, -0.1) is 0 Å². The average Bonchev–Trinajstić information content (AvgIpc) is 3.09. The van der Waals surface area contributed by atoms with Crippen LogP contribution in [-0.2, 0) is 9.59 Å². The van der Waals surface area contributed by atoms with Crippen molar-refractivity contribution >= 4 is 17.5 Å². The Hall–Kier alpha value is -1.91. The van der Waals surface area contributed by atoms with Crippen LogP contribution in [0.2, 0.25) is 0 Å². The van der Waals surface area contributed by atoms with Crippen molar-refractivity contribution in [3.63, 3.8) is 0 Å². The molecule has 1 unspecified atom stereocenters. The topological polar surface area (TPSA) is 49.4 Å². The fraction of sp³-hybridized carbons (Fsp3) is 0.500. The highest BCUT2D eigenvalue weighted by atomic mass is 19.1. The molecule has 4 nitrogen and oxygen atoms in total. The van der Waals surface area contributed by atoms with Crippen LogP contribution in [-0.4, -0.2) is 24.4 Å². The van der Waals surface area contributed by atoms with Crippen LogP contribution in [0.1, 0.15) is 32.1 Å². The Balaban J connectivity index is 1.65. The monoisotopic (exact) mass is 290 g/mol. The lowest BCUT2D eigenvalue weighted by Crippen LogP contribution is -2.40. The zero-order valence-corrected chi connectivity index (χ0v) is 11.8. The van der Waals surface area contributed by atoms with Gasteiger partial charge in [0.05, 0.1) is 0 Å². The van der Waals surface area contributed by atoms with E-state index >= 15 is 0 Å². The third-order valence-electron chi connectivity index (χ3n) is 4.36. The minimum atomic E-state index is -0.601. The molecule has 1 N–H and O–H groups in total. The third-order valence-corrected chi connectivity index (χ3v) is 4.36. The van der Waals surface area contributed by atoms with E-state index in [0.29, 0.717) is 18.7 Å². The highest BCUT2D eigenvalue weighted by Crippen LogP contribution is 2.26. The van der Waals surface area contributed by atoms with Gasteiger partial charge >= 0.3 is 0 Å². The van der Waals surface area contributed by atoms with Gasteiger partial charge in [0.15, 0.2) is 0 Å². The minimum Gasteiger partial charge on any atom is -0.353 e. The van der Waals surface area contributed by atoms with Gasteiger partial charge in [-0.25, -0.2) is 4.39 Å². The number of carbonyl (C=O) groups excluding carboxylic acids is 2. The van der Waals surface area contributed by atoms with Gasteiger partial charge in [-0.3, -0.25) is 9.59 Å². The Labute approximate surface area is 123 Å². The number of carbonyl (C=O) groups is 2. The predicted octanol–water partition coefficient (Wildman–Crippen LogP) is 2.24. The Morgan fingerprint density at radius 2 is 1.81 bits per heavy atom. The van der Waals surface area contributed by atoms with Gasteiger partial charge in [-0.05, 0) is 43.5 Å². The number of nitrogens with zero attached hydrogens (tertiary/aromatic N) is 1. The van der Waals surface area contributed by atoms with Crippen LogP contribution in [0.4, 0.5) is 10.1 Å². The molecule has 5 heteroatoms. The van der Waals surface area contributed by atoms with Crippen LogP contribution >= 0.6 is 0 Å². The normalized spacial score (nSPS) is 22.8. The van der Waals surface area contributed by atoms with Crippen molar-refractivity contribution in [3.05, 3.63) is 30.1 Å². The highest BCUT2D eigenvalue weighted by Gasteiger charge is 2.38. The molecule has 0 radical (unpaired) electrons. The maximum atomic E-state index is 12.9. The maximum absolute atomic E-state index is 12.9. The first-order valence-corrected chi connectivity index (χ1v) is 7.52. The molecular weight excluding hydrogens is 271 g/mol. The Morgan fingerprint density at radius 3 is 2.48 bits per heavy atom. The van der Waals surface area contributed by atoms with E-state index in [1.54, 1.807) is 17.0 Å². The second kappa shape index (κ2) is 5.84. The van der Waals surface area contributed by atoms with E-state index in [-0.39, 0.29) is 23.7 Å². The summed E-state index contributed by atoms with van der Waals surface area (Å²) >= 11 is 0. The summed E-state index contributed by atoms with van der Waals surface area (Å²) in [6.45, 7) is 0.507. The van der Waals surface area contributed by atoms with Crippen molar-refractivity contribution in [2.45, 2.75) is 38.1 Å². The molecule has 0 spiro atoms. The number of anilines is 1. The van der Waals surface area contributed by atoms with Gasteiger partial charge in [0.1, 0.15) is 11.7 Å². The molecule has 1 saturated heterocycles. The maximum Gasteiger partial charge on any atom is 0.239 e. The zero-order chi connectivity index (χ0) is 14.8. The van der Waals surface area contributed by atoms with E-state index in [1.807, 2.05) is 0 Å². The fourth-order valence-electron chi connectivity index (χ4n) is 3.17. The second-order valence-corrected chi connectivity index (χ2v) is 5.80. The van der Waals surface area contributed by atoms with Gasteiger partial charge in [0, 0.05) is 18.3 Å². The first-order valence-electron chi connectivity index (χ1n) is 7.52. The average molecular weight is 290 g/mol. The Bertz CT molecular complexity index is 538. The number of rotatable bonds is 3. The highest BCUT2D eigenvalue weighted by molar-refractivity contribution is 6.09. The molecule has 1 saturated carbocycles. The molecule has 1 atom stereocenters. The van der Waals surface area contributed by atoms with E-state index in [2.05, 4.69) is 5.32 Å². The molecular formula is C16H19FN2O2. The largest absolute Gasteiger partial charge is 0.353 e. The first kappa shape index (κ1) is 14.0. The van der Waals surface area contributed by atoms with Crippen LogP contribution in [0.3, 0.4) is 0 Å². The second-order valence-electron chi connectivity index (χ2n) is 5.80. The quantitative estimate of drug-likeness (QED) is 0.868.